The summed E-state index contributed by atoms with van der Waals surface area (Å²) in [7, 11) is 0. The van der Waals surface area contributed by atoms with Crippen LogP contribution in [0.3, 0.4) is 0 Å². The van der Waals surface area contributed by atoms with Crippen molar-refractivity contribution >= 4 is 28.1 Å². The van der Waals surface area contributed by atoms with Gasteiger partial charge in [0.05, 0.1) is 0 Å². The van der Waals surface area contributed by atoms with Gasteiger partial charge in [-0.25, -0.2) is 0 Å². The zero-order valence-electron chi connectivity index (χ0n) is 11.5. The average Bonchev–Trinajstić information content (AvgIpc) is 2.46. The van der Waals surface area contributed by atoms with Crippen molar-refractivity contribution in [2.24, 2.45) is 0 Å². The minimum Gasteiger partial charge on any atom is -0.0984 e. The predicted octanol–water partition coefficient (Wildman–Crippen LogP) is 4.27. The molecule has 0 aliphatic carbocycles. The molecule has 0 atom stereocenters. The van der Waals surface area contributed by atoms with Crippen LogP contribution in [0, 0.1) is 0 Å². The number of hydrogen-bond donors (Lipinski definition) is 0. The maximum atomic E-state index is 4.05. The Balaban J connectivity index is 0.000000861. The van der Waals surface area contributed by atoms with Crippen LogP contribution in [-0.2, 0) is 0 Å². The topological polar surface area (TPSA) is 0 Å². The Hall–Kier alpha value is -1.60. The lowest BCUT2D eigenvalue weighted by Gasteiger charge is -2.03. The van der Waals surface area contributed by atoms with E-state index in [1.807, 2.05) is 50.3 Å². The largest absolute Gasteiger partial charge is 0.0984 e. The molecule has 0 aliphatic heterocycles. The van der Waals surface area contributed by atoms with E-state index in [-0.39, 0.29) is 0 Å². The van der Waals surface area contributed by atoms with Gasteiger partial charge in [0.1, 0.15) is 0 Å². The van der Waals surface area contributed by atoms with Gasteiger partial charge in [0, 0.05) is 4.47 Å². The van der Waals surface area contributed by atoms with Gasteiger partial charge in [0.15, 0.2) is 0 Å². The van der Waals surface area contributed by atoms with Crippen LogP contribution in [0.4, 0.5) is 0 Å². The summed E-state index contributed by atoms with van der Waals surface area (Å²) in [5, 5.41) is 2.15. The minimum atomic E-state index is 1.02. The molecule has 0 saturated carbocycles. The fourth-order valence-corrected chi connectivity index (χ4v) is 2.06. The number of benzene rings is 2. The molecule has 2 aromatic carbocycles. The molecule has 0 saturated heterocycles. The van der Waals surface area contributed by atoms with E-state index in [1.165, 1.54) is 0 Å². The van der Waals surface area contributed by atoms with Crippen molar-refractivity contribution in [1.82, 2.24) is 0 Å². The second-order valence-electron chi connectivity index (χ2n) is 3.78. The van der Waals surface area contributed by atoms with Gasteiger partial charge in [0.2, 0.25) is 0 Å². The van der Waals surface area contributed by atoms with Crippen LogP contribution in [0.5, 0.6) is 0 Å². The first-order valence-electron chi connectivity index (χ1n) is 6.39. The first-order valence-corrected chi connectivity index (χ1v) is 7.18. The fourth-order valence-electron chi connectivity index (χ4n) is 1.80. The van der Waals surface area contributed by atoms with E-state index in [1.54, 1.807) is 0 Å². The number of halogens is 1. The highest BCUT2D eigenvalue weighted by Gasteiger charge is 1.98. The summed E-state index contributed by atoms with van der Waals surface area (Å²) in [4.78, 5) is 0. The monoisotopic (exact) mass is 314 g/mol. The average molecular weight is 315 g/mol. The Morgan fingerprint density at radius 1 is 1.00 bits per heavy atom. The molecule has 2 aromatic rings. The standard InChI is InChI=1S/C16H13Br.C2H6/c1-3-15(13-8-10-14(17)11-9-13)16-7-5-4-6-12(16)2;1-2/h3-11H,1-2H2;1-2H3/b16-15+;. The highest BCUT2D eigenvalue weighted by Crippen LogP contribution is 2.16. The molecule has 0 fully saturated rings. The van der Waals surface area contributed by atoms with E-state index in [0.717, 1.165) is 26.0 Å². The summed E-state index contributed by atoms with van der Waals surface area (Å²) in [5.41, 5.74) is 2.27. The highest BCUT2D eigenvalue weighted by molar-refractivity contribution is 9.10. The number of rotatable bonds is 2. The molecule has 0 aromatic heterocycles. The maximum absolute atomic E-state index is 4.05. The fraction of sp³-hybridized carbons (Fsp3) is 0.111. The Bertz CT molecular complexity index is 636. The number of allylic oxidation sites excluding steroid dienone is 1. The van der Waals surface area contributed by atoms with E-state index >= 15 is 0 Å². The third-order valence-electron chi connectivity index (χ3n) is 2.67. The summed E-state index contributed by atoms with van der Waals surface area (Å²) in [6, 6.07) is 16.3. The molecule has 0 heterocycles. The molecule has 1 heteroatoms. The van der Waals surface area contributed by atoms with Crippen LogP contribution < -0.4 is 10.4 Å². The molecule has 0 nitrogen and oxygen atoms in total. The first kappa shape index (κ1) is 15.5. The van der Waals surface area contributed by atoms with E-state index in [0.29, 0.717) is 0 Å². The SMILES string of the molecule is C=C/C(c1ccc(Br)cc1)=c1/ccccc1=C.CC. The quantitative estimate of drug-likeness (QED) is 0.776. The lowest BCUT2D eigenvalue weighted by Crippen LogP contribution is -2.24. The lowest BCUT2D eigenvalue weighted by molar-refractivity contribution is 1.48. The zero-order valence-corrected chi connectivity index (χ0v) is 13.1. The molecule has 0 bridgehead atoms. The molecule has 0 unspecified atom stereocenters. The van der Waals surface area contributed by atoms with Crippen LogP contribution in [0.2, 0.25) is 0 Å². The molecule has 0 aliphatic rings. The van der Waals surface area contributed by atoms with Crippen molar-refractivity contribution in [3.05, 3.63) is 81.7 Å². The lowest BCUT2D eigenvalue weighted by atomic mass is 10.0. The summed E-state index contributed by atoms with van der Waals surface area (Å²) >= 11 is 3.44. The van der Waals surface area contributed by atoms with Crippen molar-refractivity contribution in [3.63, 3.8) is 0 Å². The van der Waals surface area contributed by atoms with Crippen molar-refractivity contribution < 1.29 is 0 Å². The van der Waals surface area contributed by atoms with Crippen molar-refractivity contribution in [3.8, 4) is 0 Å². The minimum absolute atomic E-state index is 1.02. The molecule has 0 radical (unpaired) electrons. The Morgan fingerprint density at radius 2 is 1.58 bits per heavy atom. The molecule has 0 N–H and O–H groups in total. The Labute approximate surface area is 123 Å². The smallest absolute Gasteiger partial charge is 0.0175 e. The van der Waals surface area contributed by atoms with E-state index in [2.05, 4.69) is 47.3 Å². The van der Waals surface area contributed by atoms with Gasteiger partial charge in [-0.3, -0.25) is 0 Å². The van der Waals surface area contributed by atoms with Gasteiger partial charge in [-0.05, 0) is 33.7 Å². The van der Waals surface area contributed by atoms with Gasteiger partial charge >= 0.3 is 0 Å². The summed E-state index contributed by atoms with van der Waals surface area (Å²) < 4.78 is 1.08. The molecule has 19 heavy (non-hydrogen) atoms. The molecule has 98 valence electrons. The second kappa shape index (κ2) is 7.75. The van der Waals surface area contributed by atoms with E-state index in [4.69, 9.17) is 0 Å². The third-order valence-corrected chi connectivity index (χ3v) is 3.20. The van der Waals surface area contributed by atoms with E-state index < -0.39 is 0 Å². The highest BCUT2D eigenvalue weighted by atomic mass is 79.9. The normalized spacial score (nSPS) is 11.1. The molecule has 0 amide bonds. The maximum Gasteiger partial charge on any atom is 0.0175 e. The molecule has 0 spiro atoms. The van der Waals surface area contributed by atoms with Crippen LogP contribution in [0.25, 0.3) is 12.2 Å². The van der Waals surface area contributed by atoms with Crippen LogP contribution in [-0.4, -0.2) is 0 Å². The van der Waals surface area contributed by atoms with Gasteiger partial charge < -0.3 is 0 Å². The van der Waals surface area contributed by atoms with Gasteiger partial charge in [0.25, 0.3) is 0 Å². The van der Waals surface area contributed by atoms with E-state index in [9.17, 15) is 0 Å². The van der Waals surface area contributed by atoms with Crippen LogP contribution in [0.1, 0.15) is 19.4 Å². The first-order chi connectivity index (χ1) is 9.22. The Kier molecular flexibility index (Phi) is 6.31. The van der Waals surface area contributed by atoms with Gasteiger partial charge in [-0.15, -0.1) is 0 Å². The third kappa shape index (κ3) is 3.93. The summed E-state index contributed by atoms with van der Waals surface area (Å²) in [6.07, 6.45) is 1.88. The molecular formula is C18H19Br. The van der Waals surface area contributed by atoms with Gasteiger partial charge in [-0.1, -0.05) is 85.4 Å². The second-order valence-corrected chi connectivity index (χ2v) is 4.70. The van der Waals surface area contributed by atoms with Crippen molar-refractivity contribution in [2.75, 3.05) is 0 Å². The number of hydrogen-bond acceptors (Lipinski definition) is 0. The molecule has 2 rings (SSSR count). The Morgan fingerprint density at radius 3 is 2.11 bits per heavy atom. The zero-order chi connectivity index (χ0) is 14.3. The predicted molar refractivity (Wildman–Crippen MR) is 89.4 cm³/mol. The summed E-state index contributed by atoms with van der Waals surface area (Å²) in [6.45, 7) is 12.0. The van der Waals surface area contributed by atoms with Crippen molar-refractivity contribution in [1.29, 1.82) is 0 Å². The molecular weight excluding hydrogens is 296 g/mol. The van der Waals surface area contributed by atoms with Gasteiger partial charge in [-0.2, -0.15) is 0 Å². The summed E-state index contributed by atoms with van der Waals surface area (Å²) in [5.74, 6) is 0. The van der Waals surface area contributed by atoms with Crippen LogP contribution in [0.15, 0.2) is 65.7 Å². The van der Waals surface area contributed by atoms with Crippen LogP contribution >= 0.6 is 15.9 Å². The van der Waals surface area contributed by atoms with Crippen molar-refractivity contribution in [2.45, 2.75) is 13.8 Å².